The lowest BCUT2D eigenvalue weighted by Crippen LogP contribution is -2.40. The monoisotopic (exact) mass is 319 g/mol. The number of hydrogen-bond donors (Lipinski definition) is 1. The third kappa shape index (κ3) is 3.52. The van der Waals surface area contributed by atoms with Gasteiger partial charge in [0.2, 0.25) is 9.84 Å². The summed E-state index contributed by atoms with van der Waals surface area (Å²) in [5, 5.41) is 9.11. The summed E-state index contributed by atoms with van der Waals surface area (Å²) >= 11 is 0. The second kappa shape index (κ2) is 6.70. The van der Waals surface area contributed by atoms with E-state index in [0.717, 1.165) is 31.5 Å². The molecule has 0 spiro atoms. The second-order valence-corrected chi connectivity index (χ2v) is 7.07. The molecule has 1 saturated heterocycles. The number of alkyl halides is 2. The van der Waals surface area contributed by atoms with Gasteiger partial charge in [-0.25, -0.2) is 8.42 Å². The molecule has 1 unspecified atom stereocenters. The average molecular weight is 319 g/mol. The Labute approximate surface area is 123 Å². The van der Waals surface area contributed by atoms with Crippen LogP contribution in [0.25, 0.3) is 0 Å². The molecule has 118 valence electrons. The van der Waals surface area contributed by atoms with Gasteiger partial charge in [-0.05, 0) is 49.9 Å². The Kier molecular flexibility index (Phi) is 5.16. The van der Waals surface area contributed by atoms with Gasteiger partial charge in [0.25, 0.3) is 0 Å². The van der Waals surface area contributed by atoms with Gasteiger partial charge in [0.1, 0.15) is 0 Å². The highest BCUT2D eigenvalue weighted by Gasteiger charge is 2.27. The number of anilines is 1. The highest BCUT2D eigenvalue weighted by atomic mass is 32.2. The molecule has 0 bridgehead atoms. The number of nitrogens with zero attached hydrogens (tertiary/aromatic N) is 1. The van der Waals surface area contributed by atoms with Gasteiger partial charge < -0.3 is 10.0 Å². The fourth-order valence-electron chi connectivity index (χ4n) is 2.72. The fourth-order valence-corrected chi connectivity index (χ4v) is 3.44. The highest BCUT2D eigenvalue weighted by molar-refractivity contribution is 7.91. The van der Waals surface area contributed by atoms with Crippen molar-refractivity contribution in [1.29, 1.82) is 0 Å². The van der Waals surface area contributed by atoms with Gasteiger partial charge in [-0.2, -0.15) is 8.78 Å². The minimum Gasteiger partial charge on any atom is -0.396 e. The first kappa shape index (κ1) is 16.2. The molecule has 7 heteroatoms. The molecule has 1 heterocycles. The third-order valence-corrected chi connectivity index (χ3v) is 5.22. The predicted molar refractivity (Wildman–Crippen MR) is 76.3 cm³/mol. The predicted octanol–water partition coefficient (Wildman–Crippen LogP) is 2.42. The summed E-state index contributed by atoms with van der Waals surface area (Å²) in [7, 11) is -4.54. The summed E-state index contributed by atoms with van der Waals surface area (Å²) < 4.78 is 47.8. The zero-order chi connectivity index (χ0) is 15.5. The van der Waals surface area contributed by atoms with Crippen molar-refractivity contribution in [2.75, 3.05) is 18.1 Å². The van der Waals surface area contributed by atoms with Crippen molar-refractivity contribution >= 4 is 15.5 Å². The summed E-state index contributed by atoms with van der Waals surface area (Å²) in [6.07, 6.45) is 3.74. The molecule has 1 aliphatic rings. The zero-order valence-electron chi connectivity index (χ0n) is 11.6. The average Bonchev–Trinajstić information content (AvgIpc) is 2.48. The van der Waals surface area contributed by atoms with Gasteiger partial charge in [0.15, 0.2) is 0 Å². The smallest absolute Gasteiger partial charge is 0.341 e. The maximum atomic E-state index is 12.5. The van der Waals surface area contributed by atoms with Crippen molar-refractivity contribution in [1.82, 2.24) is 0 Å². The molecule has 1 N–H and O–H groups in total. The van der Waals surface area contributed by atoms with Crippen molar-refractivity contribution < 1.29 is 22.3 Å². The topological polar surface area (TPSA) is 57.6 Å². The van der Waals surface area contributed by atoms with Crippen LogP contribution >= 0.6 is 0 Å². The van der Waals surface area contributed by atoms with E-state index in [2.05, 4.69) is 4.90 Å². The number of rotatable bonds is 5. The maximum absolute atomic E-state index is 12.5. The first-order valence-electron chi connectivity index (χ1n) is 6.96. The lowest BCUT2D eigenvalue weighted by Gasteiger charge is -2.37. The molecule has 0 aromatic heterocycles. The molecule has 0 aliphatic carbocycles. The first-order valence-corrected chi connectivity index (χ1v) is 8.51. The SMILES string of the molecule is O=S(=O)(c1ccc(N2CCCCC2CCO)cc1)C(F)F. The van der Waals surface area contributed by atoms with Crippen LogP contribution in [0.4, 0.5) is 14.5 Å². The molecule has 1 fully saturated rings. The Morgan fingerprint density at radius 2 is 1.90 bits per heavy atom. The number of benzene rings is 1. The molecular formula is C14H19F2NO3S. The number of sulfone groups is 1. The van der Waals surface area contributed by atoms with Crippen molar-refractivity contribution in [2.45, 2.75) is 42.4 Å². The van der Waals surface area contributed by atoms with E-state index in [-0.39, 0.29) is 17.5 Å². The second-order valence-electron chi connectivity index (χ2n) is 5.15. The minimum absolute atomic E-state index is 0.0962. The molecular weight excluding hydrogens is 300 g/mol. The standard InChI is InChI=1S/C14H19F2NO3S/c15-14(16)21(19,20)13-6-4-12(5-7-13)17-9-2-1-3-11(17)8-10-18/h4-7,11,14,18H,1-3,8-10H2. The number of aliphatic hydroxyl groups excluding tert-OH is 1. The molecule has 1 aliphatic heterocycles. The maximum Gasteiger partial charge on any atom is 0.341 e. The summed E-state index contributed by atoms with van der Waals surface area (Å²) in [4.78, 5) is 1.75. The molecule has 4 nitrogen and oxygen atoms in total. The number of hydrogen-bond acceptors (Lipinski definition) is 4. The van der Waals surface area contributed by atoms with E-state index in [0.29, 0.717) is 6.42 Å². The Hall–Kier alpha value is -1.21. The molecule has 0 saturated carbocycles. The third-order valence-electron chi connectivity index (χ3n) is 3.82. The van der Waals surface area contributed by atoms with Crippen LogP contribution in [-0.2, 0) is 9.84 Å². The molecule has 1 atom stereocenters. The van der Waals surface area contributed by atoms with E-state index >= 15 is 0 Å². The van der Waals surface area contributed by atoms with E-state index in [1.54, 1.807) is 12.1 Å². The van der Waals surface area contributed by atoms with E-state index in [1.165, 1.54) is 12.1 Å². The van der Waals surface area contributed by atoms with Crippen molar-refractivity contribution in [3.05, 3.63) is 24.3 Å². The van der Waals surface area contributed by atoms with E-state index < -0.39 is 15.6 Å². The van der Waals surface area contributed by atoms with Gasteiger partial charge in [0, 0.05) is 24.9 Å². The Morgan fingerprint density at radius 3 is 2.48 bits per heavy atom. The lowest BCUT2D eigenvalue weighted by atomic mass is 9.99. The minimum atomic E-state index is -4.54. The van der Waals surface area contributed by atoms with Crippen LogP contribution in [-0.4, -0.2) is 38.5 Å². The summed E-state index contributed by atoms with van der Waals surface area (Å²) in [5.41, 5.74) is 0.807. The number of aliphatic hydroxyl groups is 1. The molecule has 1 aromatic rings. The van der Waals surface area contributed by atoms with Crippen LogP contribution in [0.1, 0.15) is 25.7 Å². The Balaban J connectivity index is 2.21. The molecule has 2 rings (SSSR count). The van der Waals surface area contributed by atoms with Gasteiger partial charge in [0.05, 0.1) is 4.90 Å². The van der Waals surface area contributed by atoms with Crippen LogP contribution < -0.4 is 4.90 Å². The van der Waals surface area contributed by atoms with Gasteiger partial charge >= 0.3 is 5.76 Å². The zero-order valence-corrected chi connectivity index (χ0v) is 12.4. The van der Waals surface area contributed by atoms with Crippen molar-refractivity contribution in [2.24, 2.45) is 0 Å². The van der Waals surface area contributed by atoms with E-state index in [4.69, 9.17) is 5.11 Å². The molecule has 0 amide bonds. The van der Waals surface area contributed by atoms with Gasteiger partial charge in [-0.15, -0.1) is 0 Å². The highest BCUT2D eigenvalue weighted by Crippen LogP contribution is 2.28. The van der Waals surface area contributed by atoms with Crippen LogP contribution in [0.2, 0.25) is 0 Å². The van der Waals surface area contributed by atoms with Crippen molar-refractivity contribution in [3.63, 3.8) is 0 Å². The van der Waals surface area contributed by atoms with Gasteiger partial charge in [-0.1, -0.05) is 0 Å². The lowest BCUT2D eigenvalue weighted by molar-refractivity contribution is 0.234. The van der Waals surface area contributed by atoms with Gasteiger partial charge in [-0.3, -0.25) is 0 Å². The normalized spacial score (nSPS) is 20.0. The quantitative estimate of drug-likeness (QED) is 0.905. The molecule has 0 radical (unpaired) electrons. The van der Waals surface area contributed by atoms with E-state index in [1.807, 2.05) is 0 Å². The van der Waals surface area contributed by atoms with E-state index in [9.17, 15) is 17.2 Å². The first-order chi connectivity index (χ1) is 9.96. The molecule has 21 heavy (non-hydrogen) atoms. The summed E-state index contributed by atoms with van der Waals surface area (Å²) in [6, 6.07) is 5.78. The summed E-state index contributed by atoms with van der Waals surface area (Å²) in [5.74, 6) is -3.40. The fraction of sp³-hybridized carbons (Fsp3) is 0.571. The Morgan fingerprint density at radius 1 is 1.24 bits per heavy atom. The molecule has 1 aromatic carbocycles. The van der Waals surface area contributed by atoms with Crippen LogP contribution in [0.15, 0.2) is 29.2 Å². The van der Waals surface area contributed by atoms with Crippen LogP contribution in [0, 0.1) is 0 Å². The van der Waals surface area contributed by atoms with Crippen molar-refractivity contribution in [3.8, 4) is 0 Å². The largest absolute Gasteiger partial charge is 0.396 e. The van der Waals surface area contributed by atoms with Crippen LogP contribution in [0.5, 0.6) is 0 Å². The number of halogens is 2. The van der Waals surface area contributed by atoms with Crippen LogP contribution in [0.3, 0.4) is 0 Å². The Bertz CT molecular complexity index is 558. The summed E-state index contributed by atoms with van der Waals surface area (Å²) in [6.45, 7) is 0.921. The number of piperidine rings is 1.